The highest BCUT2D eigenvalue weighted by Gasteiger charge is 2.32. The van der Waals surface area contributed by atoms with Crippen molar-refractivity contribution in [1.82, 2.24) is 9.97 Å². The van der Waals surface area contributed by atoms with Gasteiger partial charge in [0.1, 0.15) is 10.7 Å². The van der Waals surface area contributed by atoms with Gasteiger partial charge >= 0.3 is 5.69 Å². The van der Waals surface area contributed by atoms with E-state index >= 15 is 0 Å². The minimum atomic E-state index is -0.700. The third kappa shape index (κ3) is 3.32. The number of methoxy groups -OCH3 is 1. The zero-order valence-electron chi connectivity index (χ0n) is 17.2. The van der Waals surface area contributed by atoms with E-state index in [1.54, 1.807) is 0 Å². The number of aromatic nitrogens is 2. The Morgan fingerprint density at radius 3 is 2.73 bits per heavy atom. The summed E-state index contributed by atoms with van der Waals surface area (Å²) < 4.78 is 5.05. The van der Waals surface area contributed by atoms with Crippen LogP contribution in [0.25, 0.3) is 21.6 Å². The summed E-state index contributed by atoms with van der Waals surface area (Å²) in [6.45, 7) is 6.72. The summed E-state index contributed by atoms with van der Waals surface area (Å²) in [7, 11) is 1.31. The fourth-order valence-electron chi connectivity index (χ4n) is 4.08. The van der Waals surface area contributed by atoms with Crippen LogP contribution < -0.4 is 10.3 Å². The molecule has 8 nitrogen and oxygen atoms in total. The fourth-order valence-corrected chi connectivity index (χ4v) is 5.38. The first-order valence-electron chi connectivity index (χ1n) is 9.70. The summed E-state index contributed by atoms with van der Waals surface area (Å²) in [6, 6.07) is 2.61. The normalized spacial score (nSPS) is 16.5. The average molecular weight is 429 g/mol. The molecule has 1 aromatic carbocycles. The van der Waals surface area contributed by atoms with Crippen molar-refractivity contribution < 1.29 is 14.8 Å². The molecule has 2 aromatic heterocycles. The molecule has 158 valence electrons. The van der Waals surface area contributed by atoms with E-state index in [0.717, 1.165) is 24.8 Å². The number of phenols is 1. The molecule has 2 N–H and O–H groups in total. The zero-order chi connectivity index (χ0) is 21.8. The lowest BCUT2D eigenvalue weighted by Crippen LogP contribution is -2.26. The minimum Gasteiger partial charge on any atom is -0.500 e. The van der Waals surface area contributed by atoms with E-state index in [4.69, 9.17) is 4.74 Å². The number of hydrogen-bond donors (Lipinski definition) is 2. The second-order valence-electron chi connectivity index (χ2n) is 8.71. The third-order valence-electron chi connectivity index (χ3n) is 5.89. The number of aryl methyl sites for hydroxylation is 1. The van der Waals surface area contributed by atoms with Gasteiger partial charge in [-0.05, 0) is 42.2 Å². The molecule has 3 aromatic rings. The number of hydrogen-bond acceptors (Lipinski definition) is 7. The molecule has 1 unspecified atom stereocenters. The SMILES string of the molecule is COc1cc(-c2nc3sc4c(c3c(=O)[nH]2)CCC(C(C)(C)C)C4)cc([N+](=O)[O-])c1O. The second kappa shape index (κ2) is 7.09. The van der Waals surface area contributed by atoms with Gasteiger partial charge in [0.15, 0.2) is 5.75 Å². The van der Waals surface area contributed by atoms with Crippen LogP contribution in [0.5, 0.6) is 11.5 Å². The number of phenolic OH excluding ortho intramolecular Hbond substituents is 1. The molecule has 4 rings (SSSR count). The van der Waals surface area contributed by atoms with Gasteiger partial charge in [-0.3, -0.25) is 14.9 Å². The summed E-state index contributed by atoms with van der Waals surface area (Å²) in [5.74, 6) is 0.135. The maximum absolute atomic E-state index is 12.9. The largest absolute Gasteiger partial charge is 0.500 e. The minimum absolute atomic E-state index is 0.0551. The van der Waals surface area contributed by atoms with Gasteiger partial charge in [-0.15, -0.1) is 11.3 Å². The van der Waals surface area contributed by atoms with Crippen LogP contribution in [0.15, 0.2) is 16.9 Å². The molecule has 0 aliphatic heterocycles. The molecule has 0 amide bonds. The number of aromatic amines is 1. The first-order valence-corrected chi connectivity index (χ1v) is 10.5. The monoisotopic (exact) mass is 429 g/mol. The average Bonchev–Trinajstić information content (AvgIpc) is 3.05. The summed E-state index contributed by atoms with van der Waals surface area (Å²) in [5.41, 5.74) is 0.807. The highest BCUT2D eigenvalue weighted by molar-refractivity contribution is 7.18. The third-order valence-corrected chi connectivity index (χ3v) is 7.04. The number of nitrogens with zero attached hydrogens (tertiary/aromatic N) is 2. The molecule has 0 bridgehead atoms. The number of ether oxygens (including phenoxy) is 1. The number of fused-ring (bicyclic) bond motifs is 3. The topological polar surface area (TPSA) is 118 Å². The molecule has 0 saturated carbocycles. The number of nitro groups is 1. The summed E-state index contributed by atoms with van der Waals surface area (Å²) >= 11 is 1.52. The van der Waals surface area contributed by atoms with E-state index < -0.39 is 16.4 Å². The van der Waals surface area contributed by atoms with Crippen molar-refractivity contribution in [3.63, 3.8) is 0 Å². The van der Waals surface area contributed by atoms with Crippen LogP contribution in [0.3, 0.4) is 0 Å². The number of benzene rings is 1. The Balaban J connectivity index is 1.85. The number of H-pyrrole nitrogens is 1. The van der Waals surface area contributed by atoms with Crippen molar-refractivity contribution in [1.29, 1.82) is 0 Å². The van der Waals surface area contributed by atoms with E-state index in [1.807, 2.05) is 0 Å². The Morgan fingerprint density at radius 2 is 2.10 bits per heavy atom. The molecule has 0 saturated heterocycles. The standard InChI is InChI=1S/C21H23N3O5S/c1-21(2,3)11-5-6-12-15(9-11)30-20-16(12)19(26)22-18(23-20)10-7-13(24(27)28)17(25)14(8-10)29-4/h7-8,11,25H,5-6,9H2,1-4H3,(H,22,23,26). The van der Waals surface area contributed by atoms with Crippen molar-refractivity contribution in [3.8, 4) is 22.9 Å². The molecule has 0 spiro atoms. The van der Waals surface area contributed by atoms with Crippen molar-refractivity contribution in [2.75, 3.05) is 7.11 Å². The predicted molar refractivity (Wildman–Crippen MR) is 116 cm³/mol. The Morgan fingerprint density at radius 1 is 1.37 bits per heavy atom. The highest BCUT2D eigenvalue weighted by atomic mass is 32.1. The molecule has 0 radical (unpaired) electrons. The summed E-state index contributed by atoms with van der Waals surface area (Å²) in [4.78, 5) is 32.7. The Kier molecular flexibility index (Phi) is 4.80. The number of rotatable bonds is 3. The van der Waals surface area contributed by atoms with E-state index in [9.17, 15) is 20.0 Å². The van der Waals surface area contributed by atoms with Gasteiger partial charge in [0, 0.05) is 16.5 Å². The van der Waals surface area contributed by atoms with Crippen LogP contribution in [0.2, 0.25) is 0 Å². The van der Waals surface area contributed by atoms with E-state index in [2.05, 4.69) is 30.7 Å². The van der Waals surface area contributed by atoms with Gasteiger partial charge in [-0.1, -0.05) is 20.8 Å². The maximum Gasteiger partial charge on any atom is 0.315 e. The number of nitro benzene ring substituents is 1. The fraction of sp³-hybridized carbons (Fsp3) is 0.429. The summed E-state index contributed by atoms with van der Waals surface area (Å²) in [6.07, 6.45) is 2.80. The molecular weight excluding hydrogens is 406 g/mol. The van der Waals surface area contributed by atoms with Crippen LogP contribution in [-0.2, 0) is 12.8 Å². The predicted octanol–water partition coefficient (Wildman–Crippen LogP) is 4.43. The zero-order valence-corrected chi connectivity index (χ0v) is 18.1. The van der Waals surface area contributed by atoms with E-state index in [1.165, 1.54) is 35.5 Å². The smallest absolute Gasteiger partial charge is 0.315 e. The second-order valence-corrected chi connectivity index (χ2v) is 9.79. The van der Waals surface area contributed by atoms with Gasteiger partial charge in [-0.25, -0.2) is 4.98 Å². The van der Waals surface area contributed by atoms with Crippen molar-refractivity contribution >= 4 is 27.2 Å². The van der Waals surface area contributed by atoms with Gasteiger partial charge in [0.25, 0.3) is 5.56 Å². The number of nitrogens with one attached hydrogen (secondary N) is 1. The van der Waals surface area contributed by atoms with Crippen LogP contribution in [0.1, 0.15) is 37.6 Å². The molecule has 1 atom stereocenters. The van der Waals surface area contributed by atoms with Gasteiger partial charge < -0.3 is 14.8 Å². The van der Waals surface area contributed by atoms with E-state index in [0.29, 0.717) is 21.7 Å². The van der Waals surface area contributed by atoms with Crippen molar-refractivity contribution in [3.05, 3.63) is 43.0 Å². The Labute approximate surface area is 176 Å². The van der Waals surface area contributed by atoms with E-state index in [-0.39, 0.29) is 22.5 Å². The molecule has 9 heteroatoms. The molecule has 1 aliphatic rings. The number of aromatic hydroxyl groups is 1. The lowest BCUT2D eigenvalue weighted by molar-refractivity contribution is -0.385. The maximum atomic E-state index is 12.9. The highest BCUT2D eigenvalue weighted by Crippen LogP contribution is 2.43. The van der Waals surface area contributed by atoms with Crippen LogP contribution in [0.4, 0.5) is 5.69 Å². The lowest BCUT2D eigenvalue weighted by Gasteiger charge is -2.33. The summed E-state index contributed by atoms with van der Waals surface area (Å²) in [5, 5.41) is 21.9. The Hall–Kier alpha value is -2.94. The molecule has 1 aliphatic carbocycles. The molecule has 30 heavy (non-hydrogen) atoms. The molecular formula is C21H23N3O5S. The van der Waals surface area contributed by atoms with Gasteiger partial charge in [0.05, 0.1) is 17.4 Å². The quantitative estimate of drug-likeness (QED) is 0.470. The molecule has 2 heterocycles. The van der Waals surface area contributed by atoms with Crippen LogP contribution in [0, 0.1) is 21.4 Å². The molecule has 0 fully saturated rings. The number of thiophene rings is 1. The van der Waals surface area contributed by atoms with Crippen LogP contribution in [-0.4, -0.2) is 27.1 Å². The van der Waals surface area contributed by atoms with Gasteiger partial charge in [0.2, 0.25) is 5.75 Å². The lowest BCUT2D eigenvalue weighted by atomic mass is 9.72. The Bertz CT molecular complexity index is 1220. The van der Waals surface area contributed by atoms with Crippen LogP contribution >= 0.6 is 11.3 Å². The first kappa shape index (κ1) is 20.3. The first-order chi connectivity index (χ1) is 14.1. The van der Waals surface area contributed by atoms with Crippen molar-refractivity contribution in [2.45, 2.75) is 40.0 Å². The van der Waals surface area contributed by atoms with Gasteiger partial charge in [-0.2, -0.15) is 0 Å². The van der Waals surface area contributed by atoms with Crippen molar-refractivity contribution in [2.24, 2.45) is 11.3 Å².